The second kappa shape index (κ2) is 9.16. The van der Waals surface area contributed by atoms with Crippen LogP contribution in [0.15, 0.2) is 59.7 Å². The van der Waals surface area contributed by atoms with Gasteiger partial charge in [-0.1, -0.05) is 35.4 Å². The van der Waals surface area contributed by atoms with Crippen molar-refractivity contribution < 1.29 is 28.7 Å². The van der Waals surface area contributed by atoms with Gasteiger partial charge in [-0.15, -0.1) is 0 Å². The third-order valence-electron chi connectivity index (χ3n) is 5.51. The van der Waals surface area contributed by atoms with E-state index < -0.39 is 47.1 Å². The second-order valence-electron chi connectivity index (χ2n) is 8.20. The van der Waals surface area contributed by atoms with E-state index in [1.54, 1.807) is 13.8 Å². The van der Waals surface area contributed by atoms with Crippen LogP contribution in [0.25, 0.3) is 10.4 Å². The summed E-state index contributed by atoms with van der Waals surface area (Å²) in [6.45, 7) is 3.70. The first-order valence-electron chi connectivity index (χ1n) is 10.3. The van der Waals surface area contributed by atoms with E-state index in [2.05, 4.69) is 10.0 Å². The van der Waals surface area contributed by atoms with Crippen molar-refractivity contribution in [1.29, 1.82) is 0 Å². The Kier molecular flexibility index (Phi) is 6.30. The van der Waals surface area contributed by atoms with Crippen molar-refractivity contribution in [1.82, 2.24) is 0 Å². The van der Waals surface area contributed by atoms with Crippen LogP contribution in [0.3, 0.4) is 0 Å². The highest BCUT2D eigenvalue weighted by molar-refractivity contribution is 5.89. The van der Waals surface area contributed by atoms with Crippen molar-refractivity contribution in [3.05, 3.63) is 86.3 Å². The fourth-order valence-electron chi connectivity index (χ4n) is 4.10. The minimum absolute atomic E-state index is 0.112. The molecule has 0 aromatic heterocycles. The molecule has 11 heteroatoms. The molecule has 0 radical (unpaired) electrons. The monoisotopic (exact) mass is 454 g/mol. The molecular weight excluding hydrogens is 432 g/mol. The number of carbonyl (C=O) groups excluding carboxylic acids is 1. The lowest BCUT2D eigenvalue weighted by Crippen LogP contribution is -2.41. The van der Waals surface area contributed by atoms with E-state index >= 15 is 0 Å². The molecule has 4 rings (SSSR count). The first-order chi connectivity index (χ1) is 15.8. The Morgan fingerprint density at radius 1 is 1.12 bits per heavy atom. The van der Waals surface area contributed by atoms with Gasteiger partial charge in [0.1, 0.15) is 30.5 Å². The summed E-state index contributed by atoms with van der Waals surface area (Å²) in [5, 5.41) is 14.7. The molecule has 1 saturated heterocycles. The van der Waals surface area contributed by atoms with Crippen LogP contribution in [0.5, 0.6) is 0 Å². The number of fused-ring (bicyclic) bond motifs is 1. The van der Waals surface area contributed by atoms with Gasteiger partial charge >= 0.3 is 5.97 Å². The number of esters is 1. The van der Waals surface area contributed by atoms with E-state index in [4.69, 9.17) is 24.5 Å². The maximum absolute atomic E-state index is 12.8. The number of rotatable bonds is 7. The number of azide groups is 1. The van der Waals surface area contributed by atoms with Gasteiger partial charge in [0, 0.05) is 17.0 Å². The number of benzene rings is 2. The van der Waals surface area contributed by atoms with Crippen LogP contribution >= 0.6 is 0 Å². The van der Waals surface area contributed by atoms with Crippen LogP contribution in [-0.2, 0) is 25.6 Å². The summed E-state index contributed by atoms with van der Waals surface area (Å²) in [5.41, 5.74) is 10.0. The highest BCUT2D eigenvalue weighted by Gasteiger charge is 2.61. The third-order valence-corrected chi connectivity index (χ3v) is 5.51. The highest BCUT2D eigenvalue weighted by atomic mass is 16.8. The zero-order valence-corrected chi connectivity index (χ0v) is 17.9. The Hall–Kier alpha value is -3.50. The molecule has 2 aromatic rings. The quantitative estimate of drug-likeness (QED) is 0.154. The van der Waals surface area contributed by atoms with Crippen LogP contribution in [0.2, 0.25) is 0 Å². The Morgan fingerprint density at radius 3 is 2.42 bits per heavy atom. The molecule has 0 N–H and O–H groups in total. The molecule has 1 heterocycles. The van der Waals surface area contributed by atoms with Gasteiger partial charge in [0.25, 0.3) is 5.69 Å². The van der Waals surface area contributed by atoms with E-state index in [0.29, 0.717) is 0 Å². The van der Waals surface area contributed by atoms with Gasteiger partial charge in [-0.2, -0.15) is 0 Å². The minimum atomic E-state index is -0.988. The van der Waals surface area contributed by atoms with Crippen LogP contribution in [0, 0.1) is 10.1 Å². The molecule has 11 nitrogen and oxygen atoms in total. The van der Waals surface area contributed by atoms with Crippen molar-refractivity contribution in [2.75, 3.05) is 0 Å². The molecule has 2 fully saturated rings. The number of nitrogens with zero attached hydrogens (tertiary/aromatic N) is 4. The zero-order chi connectivity index (χ0) is 23.6. The van der Waals surface area contributed by atoms with Gasteiger partial charge < -0.3 is 18.9 Å². The largest absolute Gasteiger partial charge is 0.455 e. The standard InChI is InChI=1S/C22H22N4O7/c1-22(2)32-18-16(24-25-23)17(31-21(27)14-8-10-15(11-9-14)26(28)29)19(20(18)33-22)30-12-13-6-4-3-5-7-13/h3-11,16-20H,12H2,1-2H3/t16-,17+,18+,19+,20+/m1/s1. The summed E-state index contributed by atoms with van der Waals surface area (Å²) in [4.78, 5) is 26.1. The fraction of sp³-hybridized carbons (Fsp3) is 0.409. The second-order valence-corrected chi connectivity index (χ2v) is 8.20. The third kappa shape index (κ3) is 4.81. The van der Waals surface area contributed by atoms with Crippen molar-refractivity contribution >= 4 is 11.7 Å². The molecular formula is C22H22N4O7. The predicted molar refractivity (Wildman–Crippen MR) is 114 cm³/mol. The normalized spacial score (nSPS) is 27.4. The van der Waals surface area contributed by atoms with Crippen molar-refractivity contribution in [3.63, 3.8) is 0 Å². The number of ether oxygens (including phenoxy) is 4. The van der Waals surface area contributed by atoms with E-state index in [1.165, 1.54) is 24.3 Å². The summed E-state index contributed by atoms with van der Waals surface area (Å²) in [5.74, 6) is -1.67. The Balaban J connectivity index is 1.59. The summed E-state index contributed by atoms with van der Waals surface area (Å²) >= 11 is 0. The van der Waals surface area contributed by atoms with Crippen LogP contribution in [-0.4, -0.2) is 47.1 Å². The van der Waals surface area contributed by atoms with E-state index in [-0.39, 0.29) is 17.9 Å². The molecule has 1 aliphatic heterocycles. The average molecular weight is 454 g/mol. The number of hydrogen-bond donors (Lipinski definition) is 0. The summed E-state index contributed by atoms with van der Waals surface area (Å²) in [6, 6.07) is 13.6. The molecule has 172 valence electrons. The molecule has 5 atom stereocenters. The van der Waals surface area contributed by atoms with Crippen molar-refractivity contribution in [2.45, 2.75) is 56.7 Å². The Morgan fingerprint density at radius 2 is 1.79 bits per heavy atom. The van der Waals surface area contributed by atoms with Gasteiger partial charge in [-0.05, 0) is 37.1 Å². The fourth-order valence-corrected chi connectivity index (χ4v) is 4.10. The van der Waals surface area contributed by atoms with Crippen molar-refractivity contribution in [3.8, 4) is 0 Å². The molecule has 0 amide bonds. The Labute approximate surface area is 189 Å². The number of non-ortho nitro benzene ring substituents is 1. The van der Waals surface area contributed by atoms with Gasteiger partial charge in [0.2, 0.25) is 0 Å². The SMILES string of the molecule is CC1(C)O[C@@H]2[C@@H](OCc3ccccc3)[C@@H](OC(=O)c3ccc([N+](=O)[O-])cc3)[C@@H](N=[N+]=[N-])[C@@H]2O1. The summed E-state index contributed by atoms with van der Waals surface area (Å²) < 4.78 is 23.8. The van der Waals surface area contributed by atoms with Gasteiger partial charge in [-0.3, -0.25) is 10.1 Å². The first-order valence-corrected chi connectivity index (χ1v) is 10.3. The molecule has 1 aliphatic carbocycles. The van der Waals surface area contributed by atoms with Gasteiger partial charge in [0.15, 0.2) is 5.79 Å². The number of nitro benzene ring substituents is 1. The first kappa shape index (κ1) is 22.7. The summed E-state index contributed by atoms with van der Waals surface area (Å²) in [7, 11) is 0. The lowest BCUT2D eigenvalue weighted by Gasteiger charge is -2.28. The van der Waals surface area contributed by atoms with E-state index in [0.717, 1.165) is 5.56 Å². The molecule has 0 unspecified atom stereocenters. The number of nitro groups is 1. The highest BCUT2D eigenvalue weighted by Crippen LogP contribution is 2.43. The van der Waals surface area contributed by atoms with Crippen LogP contribution < -0.4 is 0 Å². The molecule has 0 spiro atoms. The van der Waals surface area contributed by atoms with Crippen LogP contribution in [0.1, 0.15) is 29.8 Å². The predicted octanol–water partition coefficient (Wildman–Crippen LogP) is 3.92. The molecule has 0 bridgehead atoms. The lowest BCUT2D eigenvalue weighted by molar-refractivity contribution is -0.384. The number of hydrogen-bond acceptors (Lipinski definition) is 8. The molecule has 1 saturated carbocycles. The Bertz CT molecular complexity index is 1070. The summed E-state index contributed by atoms with van der Waals surface area (Å²) in [6.07, 6.45) is -3.06. The topological polar surface area (TPSA) is 146 Å². The molecule has 2 aromatic carbocycles. The van der Waals surface area contributed by atoms with Crippen molar-refractivity contribution in [2.24, 2.45) is 5.11 Å². The van der Waals surface area contributed by atoms with Gasteiger partial charge in [-0.25, -0.2) is 4.79 Å². The maximum atomic E-state index is 12.8. The molecule has 33 heavy (non-hydrogen) atoms. The minimum Gasteiger partial charge on any atom is -0.455 e. The number of carbonyl (C=O) groups is 1. The zero-order valence-electron chi connectivity index (χ0n) is 17.9. The van der Waals surface area contributed by atoms with Crippen LogP contribution in [0.4, 0.5) is 5.69 Å². The maximum Gasteiger partial charge on any atom is 0.338 e. The van der Waals surface area contributed by atoms with E-state index in [9.17, 15) is 14.9 Å². The smallest absolute Gasteiger partial charge is 0.338 e. The lowest BCUT2D eigenvalue weighted by atomic mass is 10.1. The van der Waals surface area contributed by atoms with Gasteiger partial charge in [0.05, 0.1) is 17.1 Å². The average Bonchev–Trinajstić information content (AvgIpc) is 3.24. The van der Waals surface area contributed by atoms with E-state index in [1.807, 2.05) is 30.3 Å². The molecule has 2 aliphatic rings.